The molecule has 1 atom stereocenters. The predicted octanol–water partition coefficient (Wildman–Crippen LogP) is 6.04. The van der Waals surface area contributed by atoms with E-state index in [0.717, 1.165) is 27.8 Å². The molecule has 0 saturated carbocycles. The lowest BCUT2D eigenvalue weighted by Crippen LogP contribution is -2.52. The van der Waals surface area contributed by atoms with Gasteiger partial charge in [0.1, 0.15) is 37.3 Å². The van der Waals surface area contributed by atoms with Crippen LogP contribution < -0.4 is 10.1 Å². The lowest BCUT2D eigenvalue weighted by molar-refractivity contribution is -0.151. The summed E-state index contributed by atoms with van der Waals surface area (Å²) in [6.07, 6.45) is -0.743. The molecule has 5 rings (SSSR count). The maximum absolute atomic E-state index is 14.0. The van der Waals surface area contributed by atoms with Crippen LogP contribution in [0.3, 0.4) is 0 Å². The SMILES string of the molecule is COc1ccc(CN(CC(=O)OCc2ccccc2)C(=O)[C@@H](NC(=O)OCC2c3ccccc3-c3ccccc32)C(C)C)c(O)c1. The second-order valence-corrected chi connectivity index (χ2v) is 11.5. The van der Waals surface area contributed by atoms with Gasteiger partial charge in [-0.15, -0.1) is 0 Å². The summed E-state index contributed by atoms with van der Waals surface area (Å²) in [6, 6.07) is 29.0. The van der Waals surface area contributed by atoms with Gasteiger partial charge < -0.3 is 29.5 Å². The molecule has 0 radical (unpaired) electrons. The van der Waals surface area contributed by atoms with E-state index in [4.69, 9.17) is 14.2 Å². The van der Waals surface area contributed by atoms with Crippen molar-refractivity contribution in [1.29, 1.82) is 0 Å². The number of nitrogens with one attached hydrogen (secondary N) is 1. The third kappa shape index (κ3) is 7.48. The number of hydrogen-bond acceptors (Lipinski definition) is 7. The number of ether oxygens (including phenoxy) is 3. The van der Waals surface area contributed by atoms with Crippen LogP contribution in [0.2, 0.25) is 0 Å². The van der Waals surface area contributed by atoms with Gasteiger partial charge in [-0.05, 0) is 45.9 Å². The third-order valence-corrected chi connectivity index (χ3v) is 8.08. The first-order chi connectivity index (χ1) is 22.2. The molecule has 0 saturated heterocycles. The van der Waals surface area contributed by atoms with Crippen molar-refractivity contribution >= 4 is 18.0 Å². The normalized spacial score (nSPS) is 12.5. The van der Waals surface area contributed by atoms with Crippen LogP contribution in [0.5, 0.6) is 11.5 Å². The zero-order chi connectivity index (χ0) is 32.6. The highest BCUT2D eigenvalue weighted by Gasteiger charge is 2.33. The first-order valence-corrected chi connectivity index (χ1v) is 15.2. The number of amides is 2. The number of phenolic OH excluding ortho intramolecular Hbond substituents is 1. The van der Waals surface area contributed by atoms with Gasteiger partial charge in [0, 0.05) is 17.5 Å². The monoisotopic (exact) mass is 622 g/mol. The summed E-state index contributed by atoms with van der Waals surface area (Å²) in [5, 5.41) is 13.4. The zero-order valence-corrected chi connectivity index (χ0v) is 26.1. The predicted molar refractivity (Wildman–Crippen MR) is 173 cm³/mol. The van der Waals surface area contributed by atoms with Crippen LogP contribution in [0.1, 0.15) is 42.0 Å². The highest BCUT2D eigenvalue weighted by Crippen LogP contribution is 2.44. The molecule has 9 nitrogen and oxygen atoms in total. The smallest absolute Gasteiger partial charge is 0.407 e. The van der Waals surface area contributed by atoms with E-state index in [1.807, 2.05) is 66.7 Å². The number of alkyl carbamates (subject to hydrolysis) is 1. The largest absolute Gasteiger partial charge is 0.507 e. The molecule has 0 aliphatic heterocycles. The second-order valence-electron chi connectivity index (χ2n) is 11.5. The Morgan fingerprint density at radius 1 is 0.848 bits per heavy atom. The van der Waals surface area contributed by atoms with Crippen LogP contribution in [0, 0.1) is 5.92 Å². The van der Waals surface area contributed by atoms with Gasteiger partial charge >= 0.3 is 12.1 Å². The van der Waals surface area contributed by atoms with Crippen LogP contribution in [0.25, 0.3) is 11.1 Å². The summed E-state index contributed by atoms with van der Waals surface area (Å²) in [4.78, 5) is 41.4. The van der Waals surface area contributed by atoms with Gasteiger partial charge in [0.15, 0.2) is 0 Å². The zero-order valence-electron chi connectivity index (χ0n) is 26.1. The Kier molecular flexibility index (Phi) is 10.2. The number of aromatic hydroxyl groups is 1. The Morgan fingerprint density at radius 2 is 1.48 bits per heavy atom. The molecular weight excluding hydrogens is 584 g/mol. The van der Waals surface area contributed by atoms with Crippen molar-refractivity contribution in [3.8, 4) is 22.6 Å². The van der Waals surface area contributed by atoms with E-state index in [2.05, 4.69) is 17.4 Å². The van der Waals surface area contributed by atoms with Crippen molar-refractivity contribution < 1.29 is 33.7 Å². The summed E-state index contributed by atoms with van der Waals surface area (Å²) >= 11 is 0. The molecule has 238 valence electrons. The maximum atomic E-state index is 14.0. The summed E-state index contributed by atoms with van der Waals surface area (Å²) in [7, 11) is 1.48. The summed E-state index contributed by atoms with van der Waals surface area (Å²) in [5.41, 5.74) is 5.57. The van der Waals surface area contributed by atoms with Crippen molar-refractivity contribution in [3.05, 3.63) is 119 Å². The number of carbonyl (C=O) groups excluding carboxylic acids is 3. The standard InChI is InChI=1S/C37H38N2O7/c1-24(2)35(38-37(43)46-23-32-30-15-9-7-13-28(30)29-14-8-10-16-31(29)32)36(42)39(20-26-17-18-27(44-3)19-33(26)40)21-34(41)45-22-25-11-5-4-6-12-25/h4-19,24,32,35,40H,20-23H2,1-3H3,(H,38,43)/t35-/m0/s1. The molecule has 2 N–H and O–H groups in total. The number of benzene rings is 4. The summed E-state index contributed by atoms with van der Waals surface area (Å²) < 4.78 is 16.4. The molecular formula is C37H38N2O7. The molecule has 2 amide bonds. The number of esters is 1. The lowest BCUT2D eigenvalue weighted by atomic mass is 9.98. The summed E-state index contributed by atoms with van der Waals surface area (Å²) in [5.74, 6) is -1.29. The van der Waals surface area contributed by atoms with E-state index in [0.29, 0.717) is 11.3 Å². The minimum absolute atomic E-state index is 0.0428. The quantitative estimate of drug-likeness (QED) is 0.185. The number of phenols is 1. The van der Waals surface area contributed by atoms with E-state index in [1.165, 1.54) is 18.1 Å². The first kappa shape index (κ1) is 32.1. The van der Waals surface area contributed by atoms with E-state index in [1.54, 1.807) is 26.0 Å². The van der Waals surface area contributed by atoms with Gasteiger partial charge in [0.25, 0.3) is 0 Å². The van der Waals surface area contributed by atoms with Crippen molar-refractivity contribution in [1.82, 2.24) is 10.2 Å². The minimum Gasteiger partial charge on any atom is -0.507 e. The van der Waals surface area contributed by atoms with E-state index >= 15 is 0 Å². The Morgan fingerprint density at radius 3 is 2.09 bits per heavy atom. The number of carbonyl (C=O) groups is 3. The fraction of sp³-hybridized carbons (Fsp3) is 0.270. The molecule has 0 unspecified atom stereocenters. The molecule has 1 aliphatic carbocycles. The van der Waals surface area contributed by atoms with Crippen molar-refractivity contribution in [3.63, 3.8) is 0 Å². The number of fused-ring (bicyclic) bond motifs is 3. The Hall–Kier alpha value is -5.31. The molecule has 4 aromatic carbocycles. The van der Waals surface area contributed by atoms with Gasteiger partial charge in [0.05, 0.1) is 13.7 Å². The van der Waals surface area contributed by atoms with Gasteiger partial charge in [0.2, 0.25) is 5.91 Å². The molecule has 0 spiro atoms. The molecule has 4 aromatic rings. The number of rotatable bonds is 12. The van der Waals surface area contributed by atoms with Crippen molar-refractivity contribution in [2.75, 3.05) is 20.3 Å². The number of hydrogen-bond donors (Lipinski definition) is 2. The molecule has 0 fully saturated rings. The van der Waals surface area contributed by atoms with E-state index < -0.39 is 30.6 Å². The minimum atomic E-state index is -1.02. The molecule has 0 heterocycles. The topological polar surface area (TPSA) is 114 Å². The van der Waals surface area contributed by atoms with Gasteiger partial charge in [-0.25, -0.2) is 4.79 Å². The maximum Gasteiger partial charge on any atom is 0.407 e. The van der Waals surface area contributed by atoms with Crippen LogP contribution >= 0.6 is 0 Å². The molecule has 9 heteroatoms. The fourth-order valence-electron chi connectivity index (χ4n) is 5.64. The van der Waals surface area contributed by atoms with Crippen molar-refractivity contribution in [2.24, 2.45) is 5.92 Å². The fourth-order valence-corrected chi connectivity index (χ4v) is 5.64. The number of nitrogens with zero attached hydrogens (tertiary/aromatic N) is 1. The third-order valence-electron chi connectivity index (χ3n) is 8.08. The molecule has 0 bridgehead atoms. The van der Waals surface area contributed by atoms with E-state index in [-0.39, 0.29) is 37.3 Å². The summed E-state index contributed by atoms with van der Waals surface area (Å²) in [6.45, 7) is 3.22. The van der Waals surface area contributed by atoms with Crippen LogP contribution in [0.15, 0.2) is 97.1 Å². The van der Waals surface area contributed by atoms with Crippen LogP contribution in [0.4, 0.5) is 4.79 Å². The molecule has 0 aromatic heterocycles. The average Bonchev–Trinajstić information content (AvgIpc) is 3.39. The van der Waals surface area contributed by atoms with Crippen molar-refractivity contribution in [2.45, 2.75) is 39.0 Å². The lowest BCUT2D eigenvalue weighted by Gasteiger charge is -2.29. The van der Waals surface area contributed by atoms with Gasteiger partial charge in [-0.2, -0.15) is 0 Å². The second kappa shape index (κ2) is 14.6. The van der Waals surface area contributed by atoms with Crippen LogP contribution in [-0.4, -0.2) is 54.3 Å². The average molecular weight is 623 g/mol. The Balaban J connectivity index is 1.29. The Bertz CT molecular complexity index is 1640. The molecule has 46 heavy (non-hydrogen) atoms. The first-order valence-electron chi connectivity index (χ1n) is 15.2. The Labute approximate surface area is 268 Å². The van der Waals surface area contributed by atoms with Crippen LogP contribution in [-0.2, 0) is 32.2 Å². The highest BCUT2D eigenvalue weighted by atomic mass is 16.5. The number of methoxy groups -OCH3 is 1. The highest BCUT2D eigenvalue weighted by molar-refractivity contribution is 5.89. The van der Waals surface area contributed by atoms with Gasteiger partial charge in [-0.3, -0.25) is 9.59 Å². The molecule has 1 aliphatic rings. The van der Waals surface area contributed by atoms with Gasteiger partial charge in [-0.1, -0.05) is 92.7 Å². The van der Waals surface area contributed by atoms with E-state index in [9.17, 15) is 19.5 Å².